The number of hydrogen-bond donors (Lipinski definition) is 1. The molecule has 1 nitrogen and oxygen atoms in total. The van der Waals surface area contributed by atoms with Gasteiger partial charge in [0.1, 0.15) is 0 Å². The third-order valence-corrected chi connectivity index (χ3v) is 1.68. The molecule has 0 amide bonds. The van der Waals surface area contributed by atoms with Crippen LogP contribution in [-0.4, -0.2) is 19.8 Å². The van der Waals surface area contributed by atoms with Gasteiger partial charge >= 0.3 is 0 Å². The van der Waals surface area contributed by atoms with Crippen molar-refractivity contribution in [1.82, 2.24) is 5.32 Å². The Morgan fingerprint density at radius 2 is 1.89 bits per heavy atom. The van der Waals surface area contributed by atoms with Crippen LogP contribution in [0.3, 0.4) is 0 Å². The van der Waals surface area contributed by atoms with Crippen molar-refractivity contribution in [2.24, 2.45) is 5.92 Å². The number of halogens is 2. The van der Waals surface area contributed by atoms with Crippen LogP contribution >= 0.6 is 12.4 Å². The standard InChI is InChI=1S/C6H12FN.ClH/c7-5-6-1-3-8-4-2-6;/h6,8H,1-5H2;1H. The van der Waals surface area contributed by atoms with Crippen molar-refractivity contribution in [2.45, 2.75) is 12.8 Å². The van der Waals surface area contributed by atoms with E-state index < -0.39 is 0 Å². The fraction of sp³-hybridized carbons (Fsp3) is 1.00. The SMILES string of the molecule is Cl.FCC1CCNCC1. The largest absolute Gasteiger partial charge is 0.317 e. The molecule has 0 atom stereocenters. The summed E-state index contributed by atoms with van der Waals surface area (Å²) >= 11 is 0. The summed E-state index contributed by atoms with van der Waals surface area (Å²) in [4.78, 5) is 0. The molecule has 9 heavy (non-hydrogen) atoms. The second-order valence-electron chi connectivity index (χ2n) is 2.35. The van der Waals surface area contributed by atoms with Gasteiger partial charge < -0.3 is 5.32 Å². The second kappa shape index (κ2) is 5.00. The van der Waals surface area contributed by atoms with Gasteiger partial charge in [-0.2, -0.15) is 0 Å². The molecule has 1 aliphatic heterocycles. The van der Waals surface area contributed by atoms with Crippen molar-refractivity contribution in [3.63, 3.8) is 0 Å². The summed E-state index contributed by atoms with van der Waals surface area (Å²) in [5.74, 6) is 0.358. The molecule has 0 unspecified atom stereocenters. The van der Waals surface area contributed by atoms with Crippen LogP contribution < -0.4 is 5.32 Å². The van der Waals surface area contributed by atoms with E-state index in [1.54, 1.807) is 0 Å². The van der Waals surface area contributed by atoms with Gasteiger partial charge in [0.25, 0.3) is 0 Å². The Bertz CT molecular complexity index is 64.1. The Hall–Kier alpha value is 0.180. The maximum Gasteiger partial charge on any atom is 0.0923 e. The first kappa shape index (κ1) is 9.18. The zero-order valence-corrected chi connectivity index (χ0v) is 6.22. The summed E-state index contributed by atoms with van der Waals surface area (Å²) in [5.41, 5.74) is 0. The summed E-state index contributed by atoms with van der Waals surface area (Å²) in [6, 6.07) is 0. The normalized spacial score (nSPS) is 21.0. The lowest BCUT2D eigenvalue weighted by atomic mass is 10.0. The van der Waals surface area contributed by atoms with Crippen molar-refractivity contribution in [2.75, 3.05) is 19.8 Å². The number of alkyl halides is 1. The highest BCUT2D eigenvalue weighted by atomic mass is 35.5. The highest BCUT2D eigenvalue weighted by Crippen LogP contribution is 2.10. The molecule has 0 radical (unpaired) electrons. The molecule has 56 valence electrons. The minimum absolute atomic E-state index is 0. The van der Waals surface area contributed by atoms with Crippen molar-refractivity contribution in [3.8, 4) is 0 Å². The Labute approximate surface area is 61.4 Å². The van der Waals surface area contributed by atoms with Gasteiger partial charge in [-0.1, -0.05) is 0 Å². The molecule has 0 saturated carbocycles. The van der Waals surface area contributed by atoms with E-state index >= 15 is 0 Å². The van der Waals surface area contributed by atoms with Crippen LogP contribution in [0.5, 0.6) is 0 Å². The van der Waals surface area contributed by atoms with Crippen LogP contribution in [0.2, 0.25) is 0 Å². The average molecular weight is 154 g/mol. The van der Waals surface area contributed by atoms with Gasteiger partial charge in [0.05, 0.1) is 6.67 Å². The first-order chi connectivity index (χ1) is 3.93. The first-order valence-electron chi connectivity index (χ1n) is 3.20. The van der Waals surface area contributed by atoms with E-state index in [0.717, 1.165) is 25.9 Å². The van der Waals surface area contributed by atoms with Gasteiger partial charge in [0.15, 0.2) is 0 Å². The maximum atomic E-state index is 11.9. The minimum Gasteiger partial charge on any atom is -0.317 e. The summed E-state index contributed by atoms with van der Waals surface area (Å²) < 4.78 is 11.9. The van der Waals surface area contributed by atoms with Crippen molar-refractivity contribution < 1.29 is 4.39 Å². The van der Waals surface area contributed by atoms with Gasteiger partial charge in [0, 0.05) is 0 Å². The molecular weight excluding hydrogens is 141 g/mol. The lowest BCUT2D eigenvalue weighted by Gasteiger charge is -2.18. The first-order valence-corrected chi connectivity index (χ1v) is 3.20. The lowest BCUT2D eigenvalue weighted by molar-refractivity contribution is 0.292. The molecule has 1 saturated heterocycles. The molecule has 0 bridgehead atoms. The quantitative estimate of drug-likeness (QED) is 0.600. The summed E-state index contributed by atoms with van der Waals surface area (Å²) in [5, 5.41) is 3.18. The Morgan fingerprint density at radius 3 is 2.22 bits per heavy atom. The molecule has 1 N–H and O–H groups in total. The predicted octanol–water partition coefficient (Wildman–Crippen LogP) is 1.38. The molecule has 0 aromatic rings. The molecule has 3 heteroatoms. The molecule has 1 fully saturated rings. The number of nitrogens with one attached hydrogen (secondary N) is 1. The van der Waals surface area contributed by atoms with Crippen molar-refractivity contribution in [3.05, 3.63) is 0 Å². The highest BCUT2D eigenvalue weighted by molar-refractivity contribution is 5.85. The number of piperidine rings is 1. The highest BCUT2D eigenvalue weighted by Gasteiger charge is 2.10. The second-order valence-corrected chi connectivity index (χ2v) is 2.35. The molecule has 1 rings (SSSR count). The molecule has 0 spiro atoms. The van der Waals surface area contributed by atoms with E-state index in [9.17, 15) is 4.39 Å². The fourth-order valence-corrected chi connectivity index (χ4v) is 1.04. The third-order valence-electron chi connectivity index (χ3n) is 1.68. The Balaban J connectivity index is 0.000000640. The molecule has 0 aliphatic carbocycles. The van der Waals surface area contributed by atoms with Crippen LogP contribution in [0.1, 0.15) is 12.8 Å². The molecule has 0 aromatic heterocycles. The third kappa shape index (κ3) is 3.01. The molecule has 0 aromatic carbocycles. The minimum atomic E-state index is -0.123. The van der Waals surface area contributed by atoms with Gasteiger partial charge in [-0.25, -0.2) is 0 Å². The Morgan fingerprint density at radius 1 is 1.33 bits per heavy atom. The van der Waals surface area contributed by atoms with Crippen LogP contribution in [0, 0.1) is 5.92 Å². The molecule has 1 heterocycles. The van der Waals surface area contributed by atoms with Gasteiger partial charge in [-0.15, -0.1) is 12.4 Å². The van der Waals surface area contributed by atoms with Crippen LogP contribution in [0.15, 0.2) is 0 Å². The Kier molecular flexibility index (Phi) is 5.10. The topological polar surface area (TPSA) is 12.0 Å². The van der Waals surface area contributed by atoms with E-state index in [1.165, 1.54) is 0 Å². The molecule has 1 aliphatic rings. The smallest absolute Gasteiger partial charge is 0.0923 e. The monoisotopic (exact) mass is 153 g/mol. The van der Waals surface area contributed by atoms with E-state index in [4.69, 9.17) is 0 Å². The zero-order valence-electron chi connectivity index (χ0n) is 5.40. The van der Waals surface area contributed by atoms with Crippen molar-refractivity contribution >= 4 is 12.4 Å². The van der Waals surface area contributed by atoms with Gasteiger partial charge in [-0.3, -0.25) is 4.39 Å². The zero-order chi connectivity index (χ0) is 5.82. The summed E-state index contributed by atoms with van der Waals surface area (Å²) in [6.45, 7) is 1.89. The van der Waals surface area contributed by atoms with Crippen LogP contribution in [-0.2, 0) is 0 Å². The van der Waals surface area contributed by atoms with E-state index in [1.807, 2.05) is 0 Å². The number of hydrogen-bond acceptors (Lipinski definition) is 1. The van der Waals surface area contributed by atoms with E-state index in [-0.39, 0.29) is 19.1 Å². The summed E-state index contributed by atoms with van der Waals surface area (Å²) in [7, 11) is 0. The van der Waals surface area contributed by atoms with Gasteiger partial charge in [-0.05, 0) is 31.8 Å². The average Bonchev–Trinajstić information content (AvgIpc) is 1.90. The predicted molar refractivity (Wildman–Crippen MR) is 38.8 cm³/mol. The van der Waals surface area contributed by atoms with E-state index in [0.29, 0.717) is 5.92 Å². The van der Waals surface area contributed by atoms with Crippen LogP contribution in [0.4, 0.5) is 4.39 Å². The van der Waals surface area contributed by atoms with E-state index in [2.05, 4.69) is 5.32 Å². The van der Waals surface area contributed by atoms with Crippen molar-refractivity contribution in [1.29, 1.82) is 0 Å². The van der Waals surface area contributed by atoms with Crippen LogP contribution in [0.25, 0.3) is 0 Å². The van der Waals surface area contributed by atoms with Gasteiger partial charge in [0.2, 0.25) is 0 Å². The fourth-order valence-electron chi connectivity index (χ4n) is 1.04. The number of rotatable bonds is 1. The lowest BCUT2D eigenvalue weighted by Crippen LogP contribution is -2.28. The molecular formula is C6H13ClFN. The maximum absolute atomic E-state index is 11.9. The summed E-state index contributed by atoms with van der Waals surface area (Å²) in [6.07, 6.45) is 2.05.